The average molecular weight is 491 g/mol. The van der Waals surface area contributed by atoms with Gasteiger partial charge in [0, 0.05) is 30.7 Å². The summed E-state index contributed by atoms with van der Waals surface area (Å²) in [6, 6.07) is 16.3. The summed E-state index contributed by atoms with van der Waals surface area (Å²) in [5.41, 5.74) is 8.34. The van der Waals surface area contributed by atoms with Crippen LogP contribution in [0.25, 0.3) is 0 Å². The molecule has 3 N–H and O–H groups in total. The number of aliphatic hydroxyl groups excluding tert-OH is 1. The van der Waals surface area contributed by atoms with Crippen LogP contribution in [0.4, 0.5) is 0 Å². The van der Waals surface area contributed by atoms with Crippen molar-refractivity contribution in [2.45, 2.75) is 38.1 Å². The van der Waals surface area contributed by atoms with Gasteiger partial charge in [0.05, 0.1) is 0 Å². The number of halogens is 3. The van der Waals surface area contributed by atoms with Crippen LogP contribution < -0.4 is 10.5 Å². The fourth-order valence-corrected chi connectivity index (χ4v) is 3.90. The molecule has 3 rings (SSSR count). The standard InChI is InChI=1S/C23H32ClN3O2.2ClH/c1-26(15-19-3-2-4-20(24)13-19)14-18-5-7-23(8-6-18)29-17-22(28)16-27-11-9-21(25)10-12-27;;/h2-8,13,21-22,28H,9-12,14-17,25H2,1H3;2*1H. The first-order valence-corrected chi connectivity index (χ1v) is 10.7. The summed E-state index contributed by atoms with van der Waals surface area (Å²) in [4.78, 5) is 4.51. The Bertz CT molecular complexity index is 756. The van der Waals surface area contributed by atoms with Crippen molar-refractivity contribution in [1.82, 2.24) is 9.80 Å². The molecule has 0 aromatic heterocycles. The van der Waals surface area contributed by atoms with E-state index in [1.54, 1.807) is 0 Å². The number of rotatable bonds is 9. The molecule has 0 radical (unpaired) electrons. The molecule has 0 spiro atoms. The minimum atomic E-state index is -0.493. The maximum absolute atomic E-state index is 10.2. The van der Waals surface area contributed by atoms with Gasteiger partial charge in [-0.3, -0.25) is 4.90 Å². The van der Waals surface area contributed by atoms with Crippen LogP contribution in [0.2, 0.25) is 5.02 Å². The van der Waals surface area contributed by atoms with Crippen LogP contribution >= 0.6 is 36.4 Å². The number of nitrogens with two attached hydrogens (primary N) is 1. The van der Waals surface area contributed by atoms with Crippen LogP contribution in [0.5, 0.6) is 5.75 Å². The van der Waals surface area contributed by atoms with E-state index in [9.17, 15) is 5.11 Å². The zero-order chi connectivity index (χ0) is 20.6. The number of nitrogens with zero attached hydrogens (tertiary/aromatic N) is 2. The number of β-amino-alcohol motifs (C(OH)–C–C–N with tert-alkyl or cyclic N) is 1. The topological polar surface area (TPSA) is 62.0 Å². The van der Waals surface area contributed by atoms with Crippen molar-refractivity contribution in [2.75, 3.05) is 33.3 Å². The lowest BCUT2D eigenvalue weighted by Crippen LogP contribution is -2.44. The van der Waals surface area contributed by atoms with Gasteiger partial charge in [-0.2, -0.15) is 0 Å². The second-order valence-corrected chi connectivity index (χ2v) is 8.49. The highest BCUT2D eigenvalue weighted by molar-refractivity contribution is 6.30. The van der Waals surface area contributed by atoms with Crippen LogP contribution in [0.15, 0.2) is 48.5 Å². The van der Waals surface area contributed by atoms with Gasteiger partial charge in [0.1, 0.15) is 18.5 Å². The monoisotopic (exact) mass is 489 g/mol. The molecule has 5 nitrogen and oxygen atoms in total. The van der Waals surface area contributed by atoms with Gasteiger partial charge in [0.25, 0.3) is 0 Å². The molecule has 0 saturated carbocycles. The van der Waals surface area contributed by atoms with E-state index >= 15 is 0 Å². The van der Waals surface area contributed by atoms with E-state index in [1.165, 1.54) is 11.1 Å². The van der Waals surface area contributed by atoms with Gasteiger partial charge >= 0.3 is 0 Å². The summed E-state index contributed by atoms with van der Waals surface area (Å²) in [5, 5.41) is 11.0. The molecule has 1 aliphatic rings. The van der Waals surface area contributed by atoms with Crippen molar-refractivity contribution in [3.05, 3.63) is 64.7 Å². The summed E-state index contributed by atoms with van der Waals surface area (Å²) in [6.07, 6.45) is 1.51. The molecule has 1 heterocycles. The molecule has 1 saturated heterocycles. The summed E-state index contributed by atoms with van der Waals surface area (Å²) >= 11 is 6.06. The molecule has 1 unspecified atom stereocenters. The molecular weight excluding hydrogens is 457 g/mol. The summed E-state index contributed by atoms with van der Waals surface area (Å²) in [7, 11) is 2.09. The van der Waals surface area contributed by atoms with Crippen LogP contribution in [0.3, 0.4) is 0 Å². The molecule has 2 aromatic rings. The van der Waals surface area contributed by atoms with Crippen molar-refractivity contribution < 1.29 is 9.84 Å². The van der Waals surface area contributed by atoms with Gasteiger partial charge in [-0.1, -0.05) is 35.9 Å². The minimum Gasteiger partial charge on any atom is -0.491 e. The molecule has 2 aromatic carbocycles. The van der Waals surface area contributed by atoms with E-state index in [2.05, 4.69) is 35.0 Å². The van der Waals surface area contributed by atoms with Crippen LogP contribution in [-0.2, 0) is 13.1 Å². The Balaban J connectivity index is 0.00000240. The molecule has 31 heavy (non-hydrogen) atoms. The molecule has 8 heteroatoms. The second-order valence-electron chi connectivity index (χ2n) is 8.05. The number of hydrogen-bond acceptors (Lipinski definition) is 5. The first-order chi connectivity index (χ1) is 14.0. The average Bonchev–Trinajstić information content (AvgIpc) is 2.69. The maximum Gasteiger partial charge on any atom is 0.119 e. The Kier molecular flexibility index (Phi) is 12.8. The molecular formula is C23H34Cl3N3O2. The zero-order valence-corrected chi connectivity index (χ0v) is 20.3. The van der Waals surface area contributed by atoms with Crippen LogP contribution in [0.1, 0.15) is 24.0 Å². The predicted molar refractivity (Wildman–Crippen MR) is 133 cm³/mol. The highest BCUT2D eigenvalue weighted by atomic mass is 35.5. The van der Waals surface area contributed by atoms with Crippen molar-refractivity contribution in [3.63, 3.8) is 0 Å². The third-order valence-corrected chi connectivity index (χ3v) is 5.50. The fourth-order valence-electron chi connectivity index (χ4n) is 3.68. The smallest absolute Gasteiger partial charge is 0.119 e. The molecule has 174 valence electrons. The Morgan fingerprint density at radius 3 is 2.39 bits per heavy atom. The van der Waals surface area contributed by atoms with E-state index < -0.39 is 6.10 Å². The van der Waals surface area contributed by atoms with Crippen molar-refractivity contribution in [1.29, 1.82) is 0 Å². The van der Waals surface area contributed by atoms with E-state index in [1.807, 2.05) is 30.3 Å². The Labute approximate surface area is 203 Å². The quantitative estimate of drug-likeness (QED) is 0.557. The summed E-state index contributed by atoms with van der Waals surface area (Å²) in [5.74, 6) is 0.783. The lowest BCUT2D eigenvalue weighted by molar-refractivity contribution is 0.0597. The fraction of sp³-hybridized carbons (Fsp3) is 0.478. The third-order valence-electron chi connectivity index (χ3n) is 5.26. The van der Waals surface area contributed by atoms with E-state index in [4.69, 9.17) is 22.1 Å². The van der Waals surface area contributed by atoms with E-state index in [-0.39, 0.29) is 24.8 Å². The largest absolute Gasteiger partial charge is 0.491 e. The van der Waals surface area contributed by atoms with Gasteiger partial charge in [-0.15, -0.1) is 24.8 Å². The number of hydrogen-bond donors (Lipinski definition) is 2. The minimum absolute atomic E-state index is 0. The number of piperidine rings is 1. The number of benzene rings is 2. The Morgan fingerprint density at radius 1 is 1.10 bits per heavy atom. The van der Waals surface area contributed by atoms with Crippen LogP contribution in [-0.4, -0.2) is 60.3 Å². The summed E-state index contributed by atoms with van der Waals surface area (Å²) < 4.78 is 5.77. The normalized spacial score (nSPS) is 15.8. The number of likely N-dealkylation sites (tertiary alicyclic amines) is 1. The summed E-state index contributed by atoms with van der Waals surface area (Å²) in [6.45, 7) is 4.53. The van der Waals surface area contributed by atoms with Crippen molar-refractivity contribution >= 4 is 36.4 Å². The zero-order valence-electron chi connectivity index (χ0n) is 18.0. The lowest BCUT2D eigenvalue weighted by atomic mass is 10.1. The first-order valence-electron chi connectivity index (χ1n) is 10.3. The van der Waals surface area contributed by atoms with Crippen molar-refractivity contribution in [3.8, 4) is 5.75 Å². The predicted octanol–water partition coefficient (Wildman–Crippen LogP) is 3.98. The molecule has 1 aliphatic heterocycles. The molecule has 0 amide bonds. The van der Waals surface area contributed by atoms with Gasteiger partial charge in [-0.05, 0) is 68.4 Å². The van der Waals surface area contributed by atoms with Crippen LogP contribution in [0, 0.1) is 0 Å². The Hall–Kier alpha value is -1.05. The molecule has 0 bridgehead atoms. The second kappa shape index (κ2) is 14.2. The first kappa shape index (κ1) is 28.0. The number of ether oxygens (including phenoxy) is 1. The third kappa shape index (κ3) is 9.96. The Morgan fingerprint density at radius 2 is 1.74 bits per heavy atom. The molecule has 1 atom stereocenters. The lowest BCUT2D eigenvalue weighted by Gasteiger charge is -2.31. The van der Waals surface area contributed by atoms with Gasteiger partial charge < -0.3 is 20.5 Å². The van der Waals surface area contributed by atoms with Gasteiger partial charge in [0.15, 0.2) is 0 Å². The van der Waals surface area contributed by atoms with E-state index in [0.717, 1.165) is 49.8 Å². The highest BCUT2D eigenvalue weighted by Crippen LogP contribution is 2.16. The van der Waals surface area contributed by atoms with Crippen molar-refractivity contribution in [2.24, 2.45) is 5.73 Å². The SMILES string of the molecule is CN(Cc1ccc(OCC(O)CN2CCC(N)CC2)cc1)Cc1cccc(Cl)c1.Cl.Cl. The van der Waals surface area contributed by atoms with E-state index in [0.29, 0.717) is 19.2 Å². The maximum atomic E-state index is 10.2. The van der Waals surface area contributed by atoms with Gasteiger partial charge in [0.2, 0.25) is 0 Å². The molecule has 0 aliphatic carbocycles. The van der Waals surface area contributed by atoms with Gasteiger partial charge in [-0.25, -0.2) is 0 Å². The highest BCUT2D eigenvalue weighted by Gasteiger charge is 2.18. The number of aliphatic hydroxyl groups is 1. The molecule has 1 fully saturated rings.